The van der Waals surface area contributed by atoms with Gasteiger partial charge in [0.05, 0.1) is 6.20 Å². The Hall–Kier alpha value is -1.78. The van der Waals surface area contributed by atoms with E-state index < -0.39 is 0 Å². The number of fused-ring (bicyclic) bond motifs is 1. The van der Waals surface area contributed by atoms with Gasteiger partial charge in [-0.2, -0.15) is 0 Å². The number of hydrogen-bond donors (Lipinski definition) is 1. The van der Waals surface area contributed by atoms with Gasteiger partial charge in [0.25, 0.3) is 0 Å². The molecule has 0 bridgehead atoms. The van der Waals surface area contributed by atoms with Crippen molar-refractivity contribution in [2.75, 3.05) is 29.9 Å². The van der Waals surface area contributed by atoms with Crippen LogP contribution >= 0.6 is 0 Å². The summed E-state index contributed by atoms with van der Waals surface area (Å²) in [5, 5.41) is 3.31. The predicted octanol–water partition coefficient (Wildman–Crippen LogP) is 3.18. The summed E-state index contributed by atoms with van der Waals surface area (Å²) >= 11 is 0. The molecule has 5 heteroatoms. The summed E-state index contributed by atoms with van der Waals surface area (Å²) in [7, 11) is 0. The Balaban J connectivity index is 1.84. The third-order valence-electron chi connectivity index (χ3n) is 4.33. The van der Waals surface area contributed by atoms with Gasteiger partial charge in [-0.05, 0) is 25.7 Å². The molecule has 1 aliphatic heterocycles. The molecule has 0 aliphatic carbocycles. The van der Waals surface area contributed by atoms with E-state index in [1.165, 1.54) is 25.7 Å². The van der Waals surface area contributed by atoms with Crippen molar-refractivity contribution in [3.63, 3.8) is 0 Å². The van der Waals surface area contributed by atoms with Crippen molar-refractivity contribution in [3.8, 4) is 0 Å². The molecule has 114 valence electrons. The highest BCUT2D eigenvalue weighted by atomic mass is 15.2. The van der Waals surface area contributed by atoms with Crippen molar-refractivity contribution >= 4 is 17.3 Å². The van der Waals surface area contributed by atoms with E-state index in [0.717, 1.165) is 42.8 Å². The molecule has 2 aromatic rings. The zero-order valence-electron chi connectivity index (χ0n) is 13.0. The second kappa shape index (κ2) is 6.33. The summed E-state index contributed by atoms with van der Waals surface area (Å²) in [6, 6.07) is 0. The molecule has 5 nitrogen and oxygen atoms in total. The Labute approximate surface area is 126 Å². The first kappa shape index (κ1) is 14.2. The maximum atomic E-state index is 4.79. The molecule has 0 aromatic carbocycles. The van der Waals surface area contributed by atoms with Gasteiger partial charge in [0.15, 0.2) is 11.5 Å². The Bertz CT molecular complexity index is 583. The minimum Gasteiger partial charge on any atom is -0.369 e. The van der Waals surface area contributed by atoms with Crippen LogP contribution in [0.4, 0.5) is 11.6 Å². The fraction of sp³-hybridized carbons (Fsp3) is 0.625. The lowest BCUT2D eigenvalue weighted by Gasteiger charge is -2.33. The molecule has 0 amide bonds. The topological polar surface area (TPSA) is 45.5 Å². The molecule has 2 aromatic heterocycles. The number of nitrogens with one attached hydrogen (secondary N) is 1. The SMILES string of the molecule is CCCC1CCN(c2nc(NCC)cn3ccnc23)CC1. The Morgan fingerprint density at radius 1 is 1.29 bits per heavy atom. The first-order chi connectivity index (χ1) is 10.3. The summed E-state index contributed by atoms with van der Waals surface area (Å²) in [6.07, 6.45) is 11.0. The normalized spacial score (nSPS) is 16.6. The second-order valence-electron chi connectivity index (χ2n) is 5.86. The molecule has 0 radical (unpaired) electrons. The van der Waals surface area contributed by atoms with E-state index in [-0.39, 0.29) is 0 Å². The van der Waals surface area contributed by atoms with Crippen LogP contribution in [-0.2, 0) is 0 Å². The molecular formula is C16H25N5. The number of hydrogen-bond acceptors (Lipinski definition) is 4. The number of piperidine rings is 1. The Kier molecular flexibility index (Phi) is 4.27. The summed E-state index contributed by atoms with van der Waals surface area (Å²) in [5.41, 5.74) is 0.964. The fourth-order valence-corrected chi connectivity index (χ4v) is 3.24. The van der Waals surface area contributed by atoms with Crippen LogP contribution in [0.5, 0.6) is 0 Å². The summed E-state index contributed by atoms with van der Waals surface area (Å²) < 4.78 is 2.07. The van der Waals surface area contributed by atoms with E-state index in [1.54, 1.807) is 0 Å². The van der Waals surface area contributed by atoms with Gasteiger partial charge in [-0.15, -0.1) is 0 Å². The van der Waals surface area contributed by atoms with Crippen LogP contribution in [0, 0.1) is 5.92 Å². The van der Waals surface area contributed by atoms with E-state index in [4.69, 9.17) is 4.98 Å². The predicted molar refractivity (Wildman–Crippen MR) is 87.0 cm³/mol. The molecule has 21 heavy (non-hydrogen) atoms. The quantitative estimate of drug-likeness (QED) is 0.917. The highest BCUT2D eigenvalue weighted by molar-refractivity contribution is 5.67. The fourth-order valence-electron chi connectivity index (χ4n) is 3.24. The summed E-state index contributed by atoms with van der Waals surface area (Å²) in [5.74, 6) is 2.83. The molecule has 0 spiro atoms. The van der Waals surface area contributed by atoms with Gasteiger partial charge in [0, 0.05) is 32.0 Å². The molecule has 1 fully saturated rings. The molecular weight excluding hydrogens is 262 g/mol. The van der Waals surface area contributed by atoms with Crippen LogP contribution in [0.2, 0.25) is 0 Å². The summed E-state index contributed by atoms with van der Waals surface area (Å²) in [6.45, 7) is 7.44. The third kappa shape index (κ3) is 2.96. The average molecular weight is 287 g/mol. The van der Waals surface area contributed by atoms with Crippen molar-refractivity contribution in [1.29, 1.82) is 0 Å². The van der Waals surface area contributed by atoms with E-state index in [2.05, 4.69) is 33.4 Å². The van der Waals surface area contributed by atoms with Gasteiger partial charge >= 0.3 is 0 Å². The second-order valence-corrected chi connectivity index (χ2v) is 5.86. The third-order valence-corrected chi connectivity index (χ3v) is 4.33. The van der Waals surface area contributed by atoms with Crippen molar-refractivity contribution in [2.45, 2.75) is 39.5 Å². The monoisotopic (exact) mass is 287 g/mol. The number of rotatable bonds is 5. The summed E-state index contributed by atoms with van der Waals surface area (Å²) in [4.78, 5) is 11.7. The standard InChI is InChI=1S/C16H25N5/c1-3-5-13-6-9-20(10-7-13)16-15-18-8-11-21(15)12-14(19-16)17-4-2/h8,11-13,17H,3-7,9-10H2,1-2H3. The lowest BCUT2D eigenvalue weighted by molar-refractivity contribution is 0.377. The number of anilines is 2. The molecule has 0 unspecified atom stereocenters. The average Bonchev–Trinajstić information content (AvgIpc) is 2.96. The zero-order chi connectivity index (χ0) is 14.7. The zero-order valence-corrected chi connectivity index (χ0v) is 13.0. The molecule has 1 aliphatic rings. The van der Waals surface area contributed by atoms with E-state index in [1.807, 2.05) is 18.6 Å². The minimum absolute atomic E-state index is 0.880. The van der Waals surface area contributed by atoms with Gasteiger partial charge in [-0.25, -0.2) is 9.97 Å². The first-order valence-corrected chi connectivity index (χ1v) is 8.14. The minimum atomic E-state index is 0.880. The van der Waals surface area contributed by atoms with Crippen LogP contribution in [0.1, 0.15) is 39.5 Å². The molecule has 3 heterocycles. The van der Waals surface area contributed by atoms with E-state index >= 15 is 0 Å². The van der Waals surface area contributed by atoms with E-state index in [0.29, 0.717) is 0 Å². The Morgan fingerprint density at radius 3 is 2.81 bits per heavy atom. The Morgan fingerprint density at radius 2 is 2.10 bits per heavy atom. The van der Waals surface area contributed by atoms with Crippen molar-refractivity contribution in [1.82, 2.24) is 14.4 Å². The van der Waals surface area contributed by atoms with Gasteiger partial charge in [0.2, 0.25) is 0 Å². The molecule has 3 rings (SSSR count). The lowest BCUT2D eigenvalue weighted by Crippen LogP contribution is -2.34. The lowest BCUT2D eigenvalue weighted by atomic mass is 9.92. The smallest absolute Gasteiger partial charge is 0.180 e. The van der Waals surface area contributed by atoms with Crippen molar-refractivity contribution in [2.24, 2.45) is 5.92 Å². The molecule has 0 saturated carbocycles. The van der Waals surface area contributed by atoms with Crippen LogP contribution in [0.3, 0.4) is 0 Å². The molecule has 1 saturated heterocycles. The van der Waals surface area contributed by atoms with Crippen LogP contribution in [-0.4, -0.2) is 34.0 Å². The number of nitrogens with zero attached hydrogens (tertiary/aromatic N) is 4. The van der Waals surface area contributed by atoms with Gasteiger partial charge < -0.3 is 14.6 Å². The van der Waals surface area contributed by atoms with Gasteiger partial charge in [-0.1, -0.05) is 19.8 Å². The largest absolute Gasteiger partial charge is 0.369 e. The van der Waals surface area contributed by atoms with Crippen LogP contribution in [0.15, 0.2) is 18.6 Å². The highest BCUT2D eigenvalue weighted by Crippen LogP contribution is 2.28. The van der Waals surface area contributed by atoms with Crippen LogP contribution in [0.25, 0.3) is 5.65 Å². The van der Waals surface area contributed by atoms with E-state index in [9.17, 15) is 0 Å². The van der Waals surface area contributed by atoms with Crippen molar-refractivity contribution in [3.05, 3.63) is 18.6 Å². The van der Waals surface area contributed by atoms with Gasteiger partial charge in [-0.3, -0.25) is 0 Å². The first-order valence-electron chi connectivity index (χ1n) is 8.14. The maximum absolute atomic E-state index is 4.79. The van der Waals surface area contributed by atoms with Gasteiger partial charge in [0.1, 0.15) is 5.82 Å². The maximum Gasteiger partial charge on any atom is 0.180 e. The number of aromatic nitrogens is 3. The molecule has 1 N–H and O–H groups in total. The molecule has 0 atom stereocenters. The van der Waals surface area contributed by atoms with Crippen molar-refractivity contribution < 1.29 is 0 Å². The highest BCUT2D eigenvalue weighted by Gasteiger charge is 2.22. The van der Waals surface area contributed by atoms with Crippen LogP contribution < -0.4 is 10.2 Å². The number of imidazole rings is 1.